The minimum Gasteiger partial charge on any atom is -0.365 e. The summed E-state index contributed by atoms with van der Waals surface area (Å²) < 4.78 is 15.1. The van der Waals surface area contributed by atoms with Crippen LogP contribution < -0.4 is 5.32 Å². The third-order valence-corrected chi connectivity index (χ3v) is 5.13. The molecule has 124 valence electrons. The van der Waals surface area contributed by atoms with E-state index >= 15 is 0 Å². The maximum absolute atomic E-state index is 13.4. The SMILES string of the molecule is Fc1cccc([C@@H]2C[C@H]2Nc2ccc3nnc(-c4ccsc4)n3n2)c1. The highest BCUT2D eigenvalue weighted by Crippen LogP contribution is 2.42. The third-order valence-electron chi connectivity index (χ3n) is 4.44. The van der Waals surface area contributed by atoms with E-state index in [1.54, 1.807) is 28.0 Å². The Balaban J connectivity index is 1.40. The molecule has 1 fully saturated rings. The van der Waals surface area contributed by atoms with Crippen molar-refractivity contribution in [2.45, 2.75) is 18.4 Å². The van der Waals surface area contributed by atoms with Crippen LogP contribution in [0.2, 0.25) is 0 Å². The lowest BCUT2D eigenvalue weighted by molar-refractivity contribution is 0.625. The Bertz CT molecular complexity index is 1040. The maximum atomic E-state index is 13.4. The predicted molar refractivity (Wildman–Crippen MR) is 95.3 cm³/mol. The number of fused-ring (bicyclic) bond motifs is 1. The Morgan fingerprint density at radius 3 is 2.96 bits per heavy atom. The molecule has 0 saturated heterocycles. The Kier molecular flexibility index (Phi) is 3.27. The van der Waals surface area contributed by atoms with Crippen LogP contribution in [0.15, 0.2) is 53.2 Å². The molecular formula is C18H14FN5S. The van der Waals surface area contributed by atoms with Gasteiger partial charge in [-0.2, -0.15) is 15.9 Å². The van der Waals surface area contributed by atoms with Crippen LogP contribution in [-0.2, 0) is 0 Å². The zero-order valence-electron chi connectivity index (χ0n) is 13.1. The van der Waals surface area contributed by atoms with Gasteiger partial charge in [0, 0.05) is 22.9 Å². The summed E-state index contributed by atoms with van der Waals surface area (Å²) in [5, 5.41) is 20.5. The fourth-order valence-electron chi connectivity index (χ4n) is 3.09. The maximum Gasteiger partial charge on any atom is 0.186 e. The van der Waals surface area contributed by atoms with Crippen molar-refractivity contribution >= 4 is 22.8 Å². The molecule has 0 aliphatic heterocycles. The van der Waals surface area contributed by atoms with Gasteiger partial charge in [0.15, 0.2) is 11.5 Å². The lowest BCUT2D eigenvalue weighted by Gasteiger charge is -2.06. The van der Waals surface area contributed by atoms with E-state index < -0.39 is 0 Å². The summed E-state index contributed by atoms with van der Waals surface area (Å²) in [4.78, 5) is 0. The number of nitrogens with one attached hydrogen (secondary N) is 1. The van der Waals surface area contributed by atoms with Crippen LogP contribution in [0.3, 0.4) is 0 Å². The average Bonchev–Trinajstić information content (AvgIpc) is 3.01. The van der Waals surface area contributed by atoms with Crippen molar-refractivity contribution in [2.24, 2.45) is 0 Å². The summed E-state index contributed by atoms with van der Waals surface area (Å²) in [5.41, 5.74) is 2.75. The molecular weight excluding hydrogens is 337 g/mol. The first-order chi connectivity index (χ1) is 12.3. The molecule has 4 aromatic rings. The van der Waals surface area contributed by atoms with Crippen molar-refractivity contribution in [2.75, 3.05) is 5.32 Å². The lowest BCUT2D eigenvalue weighted by atomic mass is 10.1. The molecule has 3 heterocycles. The molecule has 3 aromatic heterocycles. The first kappa shape index (κ1) is 14.5. The number of hydrogen-bond donors (Lipinski definition) is 1. The van der Waals surface area contributed by atoms with Crippen molar-refractivity contribution in [3.05, 3.63) is 64.6 Å². The van der Waals surface area contributed by atoms with Crippen LogP contribution in [0, 0.1) is 5.82 Å². The van der Waals surface area contributed by atoms with Gasteiger partial charge >= 0.3 is 0 Å². The highest BCUT2D eigenvalue weighted by Gasteiger charge is 2.38. The summed E-state index contributed by atoms with van der Waals surface area (Å²) >= 11 is 1.62. The fourth-order valence-corrected chi connectivity index (χ4v) is 3.72. The van der Waals surface area contributed by atoms with Crippen molar-refractivity contribution < 1.29 is 4.39 Å². The fraction of sp³-hybridized carbons (Fsp3) is 0.167. The van der Waals surface area contributed by atoms with E-state index in [2.05, 4.69) is 20.6 Å². The van der Waals surface area contributed by atoms with E-state index in [1.165, 1.54) is 6.07 Å². The van der Waals surface area contributed by atoms with Crippen LogP contribution >= 0.6 is 11.3 Å². The molecule has 0 radical (unpaired) electrons. The third kappa shape index (κ3) is 2.66. The smallest absolute Gasteiger partial charge is 0.186 e. The molecule has 25 heavy (non-hydrogen) atoms. The number of thiophene rings is 1. The van der Waals surface area contributed by atoms with Crippen LogP contribution in [0.5, 0.6) is 0 Å². The molecule has 7 heteroatoms. The number of nitrogens with zero attached hydrogens (tertiary/aromatic N) is 4. The summed E-state index contributed by atoms with van der Waals surface area (Å²) in [6.45, 7) is 0. The molecule has 1 N–H and O–H groups in total. The highest BCUT2D eigenvalue weighted by molar-refractivity contribution is 7.08. The van der Waals surface area contributed by atoms with E-state index in [4.69, 9.17) is 0 Å². The Hall–Kier alpha value is -2.80. The molecule has 0 amide bonds. The topological polar surface area (TPSA) is 55.1 Å². The number of halogens is 1. The quantitative estimate of drug-likeness (QED) is 0.605. The van der Waals surface area contributed by atoms with Crippen LogP contribution in [0.1, 0.15) is 17.9 Å². The Labute approximate surface area is 147 Å². The number of rotatable bonds is 4. The second-order valence-corrected chi connectivity index (χ2v) is 6.95. The van der Waals surface area contributed by atoms with Crippen LogP contribution in [-0.4, -0.2) is 25.9 Å². The van der Waals surface area contributed by atoms with Crippen molar-refractivity contribution in [1.82, 2.24) is 19.8 Å². The Morgan fingerprint density at radius 1 is 1.16 bits per heavy atom. The number of hydrogen-bond acceptors (Lipinski definition) is 5. The van der Waals surface area contributed by atoms with Crippen molar-refractivity contribution in [3.63, 3.8) is 0 Å². The summed E-state index contributed by atoms with van der Waals surface area (Å²) in [7, 11) is 0. The van der Waals surface area contributed by atoms with Crippen molar-refractivity contribution in [1.29, 1.82) is 0 Å². The summed E-state index contributed by atoms with van der Waals surface area (Å²) in [6, 6.07) is 12.9. The van der Waals surface area contributed by atoms with E-state index in [9.17, 15) is 4.39 Å². The predicted octanol–water partition coefficient (Wildman–Crippen LogP) is 3.96. The molecule has 1 aromatic carbocycles. The zero-order chi connectivity index (χ0) is 16.8. The highest BCUT2D eigenvalue weighted by atomic mass is 32.1. The Morgan fingerprint density at radius 2 is 2.12 bits per heavy atom. The molecule has 0 spiro atoms. The van der Waals surface area contributed by atoms with Gasteiger partial charge in [0.1, 0.15) is 11.6 Å². The minimum atomic E-state index is -0.187. The van der Waals surface area contributed by atoms with Gasteiger partial charge < -0.3 is 5.32 Å². The van der Waals surface area contributed by atoms with Gasteiger partial charge in [0.25, 0.3) is 0 Å². The molecule has 1 aliphatic rings. The van der Waals surface area contributed by atoms with E-state index in [0.29, 0.717) is 11.6 Å². The second kappa shape index (κ2) is 5.63. The monoisotopic (exact) mass is 351 g/mol. The zero-order valence-corrected chi connectivity index (χ0v) is 13.9. The first-order valence-corrected chi connectivity index (χ1v) is 8.99. The molecule has 5 rings (SSSR count). The number of aromatic nitrogens is 4. The number of benzene rings is 1. The van der Waals surface area contributed by atoms with Crippen molar-refractivity contribution in [3.8, 4) is 11.4 Å². The van der Waals surface area contributed by atoms with Gasteiger partial charge in [0.05, 0.1) is 0 Å². The van der Waals surface area contributed by atoms with Crippen LogP contribution in [0.25, 0.3) is 17.0 Å². The van der Waals surface area contributed by atoms with Gasteiger partial charge in [-0.15, -0.1) is 15.3 Å². The molecule has 0 bridgehead atoms. The van der Waals surface area contributed by atoms with E-state index in [0.717, 1.165) is 29.2 Å². The molecule has 2 atom stereocenters. The van der Waals surface area contributed by atoms with E-state index in [-0.39, 0.29) is 11.9 Å². The standard InChI is InChI=1S/C18H14FN5S/c19-13-3-1-2-11(8-13)14-9-15(14)20-16-4-5-17-21-22-18(24(17)23-16)12-6-7-25-10-12/h1-8,10,14-15H,9H2,(H,20,23)/t14-,15+/m0/s1. The molecule has 1 saturated carbocycles. The minimum absolute atomic E-state index is 0.187. The van der Waals surface area contributed by atoms with Crippen LogP contribution in [0.4, 0.5) is 10.2 Å². The number of anilines is 1. The first-order valence-electron chi connectivity index (χ1n) is 8.05. The average molecular weight is 351 g/mol. The van der Waals surface area contributed by atoms with Gasteiger partial charge in [-0.05, 0) is 47.7 Å². The van der Waals surface area contributed by atoms with Gasteiger partial charge in [-0.25, -0.2) is 4.39 Å². The second-order valence-electron chi connectivity index (χ2n) is 6.17. The van der Waals surface area contributed by atoms with E-state index in [1.807, 2.05) is 35.0 Å². The summed E-state index contributed by atoms with van der Waals surface area (Å²) in [5.74, 6) is 1.64. The lowest BCUT2D eigenvalue weighted by Crippen LogP contribution is -2.08. The van der Waals surface area contributed by atoms with Gasteiger partial charge in [-0.1, -0.05) is 12.1 Å². The largest absolute Gasteiger partial charge is 0.365 e. The summed E-state index contributed by atoms with van der Waals surface area (Å²) in [6.07, 6.45) is 0.975. The molecule has 1 aliphatic carbocycles. The van der Waals surface area contributed by atoms with Gasteiger partial charge in [0.2, 0.25) is 0 Å². The van der Waals surface area contributed by atoms with Gasteiger partial charge in [-0.3, -0.25) is 0 Å². The molecule has 0 unspecified atom stereocenters. The normalized spacial score (nSPS) is 19.2. The molecule has 5 nitrogen and oxygen atoms in total.